The predicted octanol–water partition coefficient (Wildman–Crippen LogP) is 23.5. The average molecular weight is 1310 g/mol. The molecule has 0 unspecified atom stereocenters. The van der Waals surface area contributed by atoms with Crippen LogP contribution in [-0.2, 0) is 0 Å². The van der Waals surface area contributed by atoms with Gasteiger partial charge >= 0.3 is 0 Å². The zero-order valence-electron chi connectivity index (χ0n) is 54.1. The van der Waals surface area contributed by atoms with Crippen molar-refractivity contribution in [2.75, 3.05) is 0 Å². The number of aromatic nitrogens is 8. The first-order chi connectivity index (χ1) is 50.5. The third-order valence-electron chi connectivity index (χ3n) is 20.3. The Kier molecular flexibility index (Phi) is 11.9. The molecule has 0 bridgehead atoms. The van der Waals surface area contributed by atoms with E-state index in [1.54, 1.807) is 0 Å². The van der Waals surface area contributed by atoms with Gasteiger partial charge in [-0.25, -0.2) is 29.9 Å². The molecular formula is C90H50N8O4. The number of benzene rings is 14. The maximum absolute atomic E-state index is 6.74. The van der Waals surface area contributed by atoms with Crippen molar-refractivity contribution in [3.05, 3.63) is 303 Å². The van der Waals surface area contributed by atoms with E-state index in [1.165, 1.54) is 10.8 Å². The summed E-state index contributed by atoms with van der Waals surface area (Å²) in [7, 11) is 0. The average Bonchev–Trinajstić information content (AvgIpc) is 1.43. The molecule has 0 fully saturated rings. The molecule has 14 aromatic carbocycles. The van der Waals surface area contributed by atoms with Crippen molar-refractivity contribution in [1.29, 1.82) is 0 Å². The van der Waals surface area contributed by atoms with Crippen molar-refractivity contribution < 1.29 is 17.7 Å². The fourth-order valence-electron chi connectivity index (χ4n) is 15.5. The second-order valence-electron chi connectivity index (χ2n) is 26.1. The molecule has 0 aliphatic carbocycles. The maximum atomic E-state index is 6.74. The summed E-state index contributed by atoms with van der Waals surface area (Å²) in [5.41, 5.74) is 19.8. The third-order valence-corrected chi connectivity index (χ3v) is 20.3. The SMILES string of the molecule is c1ccc(-c2nc(-c3ccc4oc5cc(-n6c7ccccc7c7cc(-c8ccc(-c9nc(-c%10ccc%11oc%12cc(-n%13c%14ccccc%14c%14ccccc%14%13)ccc%12c%11c%10)nc(-c%10cccc%11c%10oc%10ccccc%10%11)n9)cc8)ccc76)ccc5c4c3)nc(-c3cccc4oc5ccccc5c34)n2)cc1. The van der Waals surface area contributed by atoms with Crippen LogP contribution in [0.1, 0.15) is 0 Å². The van der Waals surface area contributed by atoms with E-state index in [0.29, 0.717) is 40.5 Å². The summed E-state index contributed by atoms with van der Waals surface area (Å²) in [5.74, 6) is 3.26. The highest BCUT2D eigenvalue weighted by Crippen LogP contribution is 2.44. The fourth-order valence-corrected chi connectivity index (χ4v) is 15.5. The molecule has 0 aliphatic heterocycles. The summed E-state index contributed by atoms with van der Waals surface area (Å²) < 4.78 is 31.0. The van der Waals surface area contributed by atoms with Crippen LogP contribution in [0.4, 0.5) is 0 Å². The Morgan fingerprint density at radius 2 is 0.588 bits per heavy atom. The highest BCUT2D eigenvalue weighted by Gasteiger charge is 2.24. The zero-order chi connectivity index (χ0) is 66.7. The first kappa shape index (κ1) is 56.0. The van der Waals surface area contributed by atoms with Crippen LogP contribution in [-0.4, -0.2) is 39.0 Å². The van der Waals surface area contributed by atoms with Crippen LogP contribution in [0.2, 0.25) is 0 Å². The molecule has 8 heterocycles. The van der Waals surface area contributed by atoms with Crippen molar-refractivity contribution in [3.63, 3.8) is 0 Å². The maximum Gasteiger partial charge on any atom is 0.167 e. The van der Waals surface area contributed by atoms with Gasteiger partial charge in [-0.2, -0.15) is 0 Å². The van der Waals surface area contributed by atoms with Crippen molar-refractivity contribution in [2.45, 2.75) is 0 Å². The smallest absolute Gasteiger partial charge is 0.167 e. The van der Waals surface area contributed by atoms with E-state index in [2.05, 4.69) is 197 Å². The molecule has 12 nitrogen and oxygen atoms in total. The topological polar surface area (TPSA) is 140 Å². The van der Waals surface area contributed by atoms with Crippen molar-refractivity contribution in [2.24, 2.45) is 0 Å². The molecule has 0 aliphatic rings. The lowest BCUT2D eigenvalue weighted by molar-refractivity contribution is 0.668. The predicted molar refractivity (Wildman–Crippen MR) is 409 cm³/mol. The van der Waals surface area contributed by atoms with Gasteiger partial charge in [-0.05, 0) is 126 Å². The molecule has 102 heavy (non-hydrogen) atoms. The minimum absolute atomic E-state index is 0.505. The van der Waals surface area contributed by atoms with Gasteiger partial charge in [0, 0.05) is 116 Å². The number of nitrogens with zero attached hydrogens (tertiary/aromatic N) is 8. The molecule has 22 rings (SSSR count). The summed E-state index contributed by atoms with van der Waals surface area (Å²) in [6, 6.07) is 105. The van der Waals surface area contributed by atoms with Crippen molar-refractivity contribution in [3.8, 4) is 90.8 Å². The van der Waals surface area contributed by atoms with Gasteiger partial charge in [0.25, 0.3) is 0 Å². The Morgan fingerprint density at radius 1 is 0.196 bits per heavy atom. The summed E-state index contributed by atoms with van der Waals surface area (Å²) in [4.78, 5) is 31.3. The molecule has 0 saturated heterocycles. The fraction of sp³-hybridized carbons (Fsp3) is 0. The molecule has 0 spiro atoms. The standard InChI is InChI=1S/C90H50N8O4/c1-2-16-52(17-3-1)85-91-87(95-89(93-85)67-24-15-31-80-83(67)66-22-8-13-30-77(66)99-80)55-37-44-78-70(47-55)64-42-40-58(50-82(64)101-78)98-74-28-11-6-20-61(74)69-46-54(36-43-75(69)98)51-32-34-53(35-33-51)86-92-88(96-90(94-86)68-25-14-23-65-62-21-7-12-29-76(62)102-84(65)68)56-38-45-79-71(48-56)63-41-39-57(49-81(63)100-79)97-72-26-9-4-18-59(72)60-19-5-10-27-73(60)97/h1-50H. The second-order valence-corrected chi connectivity index (χ2v) is 26.1. The number of fused-ring (bicyclic) bond motifs is 18. The molecule has 0 radical (unpaired) electrons. The van der Waals surface area contributed by atoms with E-state index in [0.717, 1.165) is 171 Å². The van der Waals surface area contributed by atoms with Gasteiger partial charge in [0.1, 0.15) is 44.7 Å². The Bertz CT molecular complexity index is 7220. The third kappa shape index (κ3) is 8.63. The number of hydrogen-bond acceptors (Lipinski definition) is 10. The second kappa shape index (κ2) is 21.7. The molecule has 22 aromatic rings. The molecule has 0 atom stereocenters. The zero-order valence-corrected chi connectivity index (χ0v) is 54.1. The van der Waals surface area contributed by atoms with Crippen LogP contribution in [0.3, 0.4) is 0 Å². The van der Waals surface area contributed by atoms with Crippen molar-refractivity contribution >= 4 is 131 Å². The molecule has 12 heteroatoms. The first-order valence-corrected chi connectivity index (χ1v) is 34.0. The minimum Gasteiger partial charge on any atom is -0.456 e. The highest BCUT2D eigenvalue weighted by atomic mass is 16.3. The van der Waals surface area contributed by atoms with E-state index in [4.69, 9.17) is 47.6 Å². The lowest BCUT2D eigenvalue weighted by Crippen LogP contribution is -2.00. The van der Waals surface area contributed by atoms with Crippen molar-refractivity contribution in [1.82, 2.24) is 39.0 Å². The van der Waals surface area contributed by atoms with E-state index < -0.39 is 0 Å². The molecule has 0 N–H and O–H groups in total. The summed E-state index contributed by atoms with van der Waals surface area (Å²) >= 11 is 0. The van der Waals surface area contributed by atoms with E-state index in [9.17, 15) is 0 Å². The molecule has 0 saturated carbocycles. The number of furan rings is 4. The normalized spacial score (nSPS) is 12.1. The number of hydrogen-bond donors (Lipinski definition) is 0. The summed E-state index contributed by atoms with van der Waals surface area (Å²) in [6.07, 6.45) is 0. The quantitative estimate of drug-likeness (QED) is 0.137. The monoisotopic (exact) mass is 1310 g/mol. The van der Waals surface area contributed by atoms with Crippen LogP contribution in [0.15, 0.2) is 321 Å². The molecule has 8 aromatic heterocycles. The van der Waals surface area contributed by atoms with E-state index >= 15 is 0 Å². The van der Waals surface area contributed by atoms with Gasteiger partial charge in [-0.3, -0.25) is 0 Å². The lowest BCUT2D eigenvalue weighted by Gasteiger charge is -2.10. The van der Waals surface area contributed by atoms with Crippen LogP contribution in [0.5, 0.6) is 0 Å². The van der Waals surface area contributed by atoms with E-state index in [-0.39, 0.29) is 0 Å². The number of rotatable bonds is 9. The van der Waals surface area contributed by atoms with Gasteiger partial charge < -0.3 is 26.8 Å². The molecular weight excluding hydrogens is 1260 g/mol. The van der Waals surface area contributed by atoms with Gasteiger partial charge in [0.15, 0.2) is 34.9 Å². The number of para-hydroxylation sites is 6. The summed E-state index contributed by atoms with van der Waals surface area (Å²) in [6.45, 7) is 0. The van der Waals surface area contributed by atoms with Gasteiger partial charge in [-0.15, -0.1) is 0 Å². The van der Waals surface area contributed by atoms with Gasteiger partial charge in [-0.1, -0.05) is 176 Å². The highest BCUT2D eigenvalue weighted by molar-refractivity contribution is 6.15. The minimum atomic E-state index is 0.505. The van der Waals surface area contributed by atoms with Crippen LogP contribution in [0.25, 0.3) is 222 Å². The summed E-state index contributed by atoms with van der Waals surface area (Å²) in [5, 5.41) is 12.6. The van der Waals surface area contributed by atoms with Crippen LogP contribution >= 0.6 is 0 Å². The van der Waals surface area contributed by atoms with Crippen LogP contribution in [0, 0.1) is 0 Å². The molecule has 474 valence electrons. The Hall–Kier alpha value is -14.1. The van der Waals surface area contributed by atoms with Gasteiger partial charge in [0.05, 0.1) is 27.6 Å². The largest absolute Gasteiger partial charge is 0.456 e. The Balaban J connectivity index is 0.613. The molecule has 0 amide bonds. The Morgan fingerprint density at radius 3 is 1.21 bits per heavy atom. The lowest BCUT2D eigenvalue weighted by atomic mass is 10.0. The van der Waals surface area contributed by atoms with Crippen LogP contribution < -0.4 is 0 Å². The Labute approximate surface area is 578 Å². The first-order valence-electron chi connectivity index (χ1n) is 34.0. The van der Waals surface area contributed by atoms with E-state index in [1.807, 2.05) is 115 Å². The van der Waals surface area contributed by atoms with Gasteiger partial charge in [0.2, 0.25) is 0 Å².